The predicted molar refractivity (Wildman–Crippen MR) is 78.6 cm³/mol. The zero-order chi connectivity index (χ0) is 13.8. The summed E-state index contributed by atoms with van der Waals surface area (Å²) in [5, 5.41) is 9.65. The third kappa shape index (κ3) is 3.43. The van der Waals surface area contributed by atoms with Crippen LogP contribution in [0.5, 0.6) is 0 Å². The Balaban J connectivity index is 2.15. The first kappa shape index (κ1) is 14.2. The first-order valence-electron chi connectivity index (χ1n) is 6.14. The molecule has 5 heteroatoms. The third-order valence-electron chi connectivity index (χ3n) is 3.25. The van der Waals surface area contributed by atoms with Crippen LogP contribution in [0.1, 0.15) is 17.4 Å². The molecule has 0 aliphatic rings. The van der Waals surface area contributed by atoms with Gasteiger partial charge in [0, 0.05) is 23.9 Å². The van der Waals surface area contributed by atoms with Crippen molar-refractivity contribution in [3.8, 4) is 0 Å². The molecule has 0 aliphatic heterocycles. The quantitative estimate of drug-likeness (QED) is 0.918. The Morgan fingerprint density at radius 1 is 1.47 bits per heavy atom. The number of nitrogens with zero attached hydrogens (tertiary/aromatic N) is 3. The first-order valence-corrected chi connectivity index (χ1v) is 6.94. The Bertz CT molecular complexity index is 541. The fraction of sp³-hybridized carbons (Fsp3) is 0.357. The smallest absolute Gasteiger partial charge is 0.122 e. The van der Waals surface area contributed by atoms with Gasteiger partial charge in [-0.05, 0) is 24.7 Å². The molecule has 2 aromatic rings. The number of aromatic nitrogens is 2. The zero-order valence-corrected chi connectivity index (χ0v) is 12.7. The number of aliphatic hydroxyl groups is 1. The number of hydrogen-bond donors (Lipinski definition) is 1. The van der Waals surface area contributed by atoms with Gasteiger partial charge in [-0.2, -0.15) is 0 Å². The molecule has 0 amide bonds. The molecule has 1 aromatic heterocycles. The van der Waals surface area contributed by atoms with Crippen molar-refractivity contribution in [2.45, 2.75) is 12.6 Å². The van der Waals surface area contributed by atoms with E-state index in [0.29, 0.717) is 6.54 Å². The maximum Gasteiger partial charge on any atom is 0.122 e. The summed E-state index contributed by atoms with van der Waals surface area (Å²) >= 11 is 3.46. The molecule has 1 heterocycles. The zero-order valence-electron chi connectivity index (χ0n) is 11.1. The van der Waals surface area contributed by atoms with Gasteiger partial charge >= 0.3 is 0 Å². The summed E-state index contributed by atoms with van der Waals surface area (Å²) in [6, 6.07) is 8.00. The lowest BCUT2D eigenvalue weighted by Crippen LogP contribution is -2.28. The molecule has 0 fully saturated rings. The Kier molecular flexibility index (Phi) is 4.74. The van der Waals surface area contributed by atoms with Gasteiger partial charge in [0.15, 0.2) is 0 Å². The highest BCUT2D eigenvalue weighted by atomic mass is 79.9. The molecule has 0 radical (unpaired) electrons. The fourth-order valence-electron chi connectivity index (χ4n) is 2.10. The fourth-order valence-corrected chi connectivity index (χ4v) is 2.51. The van der Waals surface area contributed by atoms with E-state index < -0.39 is 0 Å². The van der Waals surface area contributed by atoms with Gasteiger partial charge in [-0.15, -0.1) is 0 Å². The number of aliphatic hydroxyl groups excluding tert-OH is 1. The molecule has 0 spiro atoms. The van der Waals surface area contributed by atoms with Gasteiger partial charge in [0.1, 0.15) is 5.82 Å². The summed E-state index contributed by atoms with van der Waals surface area (Å²) in [5.74, 6) is 0.982. The molecule has 2 rings (SSSR count). The van der Waals surface area contributed by atoms with E-state index in [1.807, 2.05) is 49.1 Å². The summed E-state index contributed by atoms with van der Waals surface area (Å²) in [4.78, 5) is 6.42. The molecular formula is C14H18BrN3O. The summed E-state index contributed by atoms with van der Waals surface area (Å²) in [7, 11) is 3.97. The summed E-state index contributed by atoms with van der Waals surface area (Å²) in [5.41, 5.74) is 1.09. The number of imidazole rings is 1. The summed E-state index contributed by atoms with van der Waals surface area (Å²) in [6.07, 6.45) is 3.71. The monoisotopic (exact) mass is 323 g/mol. The van der Waals surface area contributed by atoms with Crippen LogP contribution in [0, 0.1) is 0 Å². The van der Waals surface area contributed by atoms with Crippen molar-refractivity contribution >= 4 is 15.9 Å². The van der Waals surface area contributed by atoms with Crippen LogP contribution in [0.4, 0.5) is 0 Å². The molecule has 1 atom stereocenters. The molecule has 0 saturated carbocycles. The topological polar surface area (TPSA) is 41.3 Å². The van der Waals surface area contributed by atoms with Gasteiger partial charge in [0.25, 0.3) is 0 Å². The van der Waals surface area contributed by atoms with Crippen LogP contribution in [-0.2, 0) is 13.6 Å². The standard InChI is InChI=1S/C14H18BrN3O/c1-17-7-6-16-14(17)9-18(2)13(10-19)11-4-3-5-12(15)8-11/h3-8,13,19H,9-10H2,1-2H3/t13-/m0/s1. The van der Waals surface area contributed by atoms with E-state index in [9.17, 15) is 5.11 Å². The van der Waals surface area contributed by atoms with Gasteiger partial charge in [-0.1, -0.05) is 28.1 Å². The van der Waals surface area contributed by atoms with Crippen LogP contribution in [0.25, 0.3) is 0 Å². The van der Waals surface area contributed by atoms with E-state index in [1.165, 1.54) is 0 Å². The van der Waals surface area contributed by atoms with Gasteiger partial charge in [-0.25, -0.2) is 4.98 Å². The number of benzene rings is 1. The minimum atomic E-state index is -0.0331. The van der Waals surface area contributed by atoms with Gasteiger partial charge < -0.3 is 9.67 Å². The molecule has 0 unspecified atom stereocenters. The minimum absolute atomic E-state index is 0.0331. The third-order valence-corrected chi connectivity index (χ3v) is 3.74. The predicted octanol–water partition coefficient (Wildman–Crippen LogP) is 2.35. The highest BCUT2D eigenvalue weighted by Crippen LogP contribution is 2.23. The second-order valence-electron chi connectivity index (χ2n) is 4.62. The van der Waals surface area contributed by atoms with Crippen molar-refractivity contribution < 1.29 is 5.11 Å². The van der Waals surface area contributed by atoms with Gasteiger partial charge in [0.2, 0.25) is 0 Å². The van der Waals surface area contributed by atoms with E-state index in [4.69, 9.17) is 0 Å². The van der Waals surface area contributed by atoms with Crippen LogP contribution in [0.15, 0.2) is 41.1 Å². The van der Waals surface area contributed by atoms with Crippen molar-refractivity contribution in [1.29, 1.82) is 0 Å². The van der Waals surface area contributed by atoms with Crippen LogP contribution in [0.3, 0.4) is 0 Å². The van der Waals surface area contributed by atoms with E-state index in [-0.39, 0.29) is 12.6 Å². The Labute approximate surface area is 121 Å². The van der Waals surface area contributed by atoms with Gasteiger partial charge in [-0.3, -0.25) is 4.90 Å². The van der Waals surface area contributed by atoms with E-state index in [1.54, 1.807) is 6.20 Å². The molecule has 0 saturated heterocycles. The second kappa shape index (κ2) is 6.32. The lowest BCUT2D eigenvalue weighted by molar-refractivity contribution is 0.139. The lowest BCUT2D eigenvalue weighted by Gasteiger charge is -2.26. The Morgan fingerprint density at radius 2 is 2.26 bits per heavy atom. The van der Waals surface area contributed by atoms with Crippen LogP contribution in [0.2, 0.25) is 0 Å². The molecule has 0 bridgehead atoms. The van der Waals surface area contributed by atoms with Crippen molar-refractivity contribution in [2.75, 3.05) is 13.7 Å². The van der Waals surface area contributed by atoms with E-state index in [0.717, 1.165) is 15.9 Å². The molecule has 0 aliphatic carbocycles. The maximum atomic E-state index is 9.65. The van der Waals surface area contributed by atoms with Crippen molar-refractivity contribution in [1.82, 2.24) is 14.5 Å². The van der Waals surface area contributed by atoms with Crippen molar-refractivity contribution in [2.24, 2.45) is 7.05 Å². The minimum Gasteiger partial charge on any atom is -0.394 e. The molecule has 1 N–H and O–H groups in total. The highest BCUT2D eigenvalue weighted by Gasteiger charge is 2.17. The van der Waals surface area contributed by atoms with Crippen molar-refractivity contribution in [3.63, 3.8) is 0 Å². The molecular weight excluding hydrogens is 306 g/mol. The molecule has 102 valence electrons. The first-order chi connectivity index (χ1) is 9.11. The highest BCUT2D eigenvalue weighted by molar-refractivity contribution is 9.10. The molecule has 4 nitrogen and oxygen atoms in total. The number of hydrogen-bond acceptors (Lipinski definition) is 3. The van der Waals surface area contributed by atoms with E-state index >= 15 is 0 Å². The molecule has 1 aromatic carbocycles. The Morgan fingerprint density at radius 3 is 2.84 bits per heavy atom. The SMILES string of the molecule is CN(Cc1nccn1C)[C@@H](CO)c1cccc(Br)c1. The van der Waals surface area contributed by atoms with E-state index in [2.05, 4.69) is 25.8 Å². The average molecular weight is 324 g/mol. The van der Waals surface area contributed by atoms with Crippen LogP contribution in [-0.4, -0.2) is 33.2 Å². The number of aryl methyl sites for hydroxylation is 1. The lowest BCUT2D eigenvalue weighted by atomic mass is 10.1. The average Bonchev–Trinajstić information content (AvgIpc) is 2.76. The number of likely N-dealkylation sites (N-methyl/N-ethyl adjacent to an activating group) is 1. The van der Waals surface area contributed by atoms with Crippen molar-refractivity contribution in [3.05, 3.63) is 52.5 Å². The summed E-state index contributed by atoms with van der Waals surface area (Å²) in [6.45, 7) is 0.776. The number of rotatable bonds is 5. The largest absolute Gasteiger partial charge is 0.394 e. The molecule has 19 heavy (non-hydrogen) atoms. The summed E-state index contributed by atoms with van der Waals surface area (Å²) < 4.78 is 3.01. The van der Waals surface area contributed by atoms with Gasteiger partial charge in [0.05, 0.1) is 19.2 Å². The Hall–Kier alpha value is -1.17. The maximum absolute atomic E-state index is 9.65. The normalized spacial score (nSPS) is 12.9. The van der Waals surface area contributed by atoms with Crippen LogP contribution >= 0.6 is 15.9 Å². The number of halogens is 1. The second-order valence-corrected chi connectivity index (χ2v) is 5.54. The van der Waals surface area contributed by atoms with Crippen LogP contribution < -0.4 is 0 Å².